The maximum atomic E-state index is 6.18. The number of likely N-dealkylation sites (tertiary alicyclic amines) is 1. The van der Waals surface area contributed by atoms with Crippen molar-refractivity contribution in [3.05, 3.63) is 54.6 Å². The van der Waals surface area contributed by atoms with Gasteiger partial charge in [0.05, 0.1) is 18.4 Å². The van der Waals surface area contributed by atoms with Crippen LogP contribution in [0.1, 0.15) is 24.8 Å². The zero-order chi connectivity index (χ0) is 16.2. The van der Waals surface area contributed by atoms with Gasteiger partial charge in [-0.3, -0.25) is 14.9 Å². The van der Waals surface area contributed by atoms with E-state index in [0.29, 0.717) is 6.61 Å². The summed E-state index contributed by atoms with van der Waals surface area (Å²) in [7, 11) is 0. The SMILES string of the molecule is c1cncc(CN2CCC3(CC2)CC(Oc2cccnc2)CO3)c1. The summed E-state index contributed by atoms with van der Waals surface area (Å²) in [6.07, 6.45) is 10.6. The molecule has 0 bridgehead atoms. The van der Waals surface area contributed by atoms with E-state index in [1.54, 1.807) is 12.4 Å². The third-order valence-electron chi connectivity index (χ3n) is 5.01. The highest BCUT2D eigenvalue weighted by Gasteiger charge is 2.43. The molecule has 0 N–H and O–H groups in total. The van der Waals surface area contributed by atoms with Crippen LogP contribution in [0.3, 0.4) is 0 Å². The van der Waals surface area contributed by atoms with Crippen LogP contribution in [0.2, 0.25) is 0 Å². The van der Waals surface area contributed by atoms with Crippen molar-refractivity contribution in [2.45, 2.75) is 37.5 Å². The summed E-state index contributed by atoms with van der Waals surface area (Å²) in [5.74, 6) is 0.831. The monoisotopic (exact) mass is 325 g/mol. The van der Waals surface area contributed by atoms with E-state index in [-0.39, 0.29) is 11.7 Å². The number of pyridine rings is 2. The Kier molecular flexibility index (Phi) is 4.45. The average molecular weight is 325 g/mol. The van der Waals surface area contributed by atoms with Crippen LogP contribution in [0.5, 0.6) is 5.75 Å². The van der Waals surface area contributed by atoms with Crippen molar-refractivity contribution in [2.24, 2.45) is 0 Å². The van der Waals surface area contributed by atoms with Crippen LogP contribution in [0.4, 0.5) is 0 Å². The fourth-order valence-corrected chi connectivity index (χ4v) is 3.70. The van der Waals surface area contributed by atoms with Crippen molar-refractivity contribution in [3.8, 4) is 5.75 Å². The number of ether oxygens (including phenoxy) is 2. The molecule has 1 unspecified atom stereocenters. The quantitative estimate of drug-likeness (QED) is 0.865. The molecule has 2 fully saturated rings. The van der Waals surface area contributed by atoms with E-state index in [4.69, 9.17) is 9.47 Å². The van der Waals surface area contributed by atoms with E-state index < -0.39 is 0 Å². The highest BCUT2D eigenvalue weighted by Crippen LogP contribution is 2.37. The molecule has 4 rings (SSSR count). The molecule has 5 heteroatoms. The van der Waals surface area contributed by atoms with Crippen molar-refractivity contribution >= 4 is 0 Å². The lowest BCUT2D eigenvalue weighted by molar-refractivity contribution is -0.0454. The summed E-state index contributed by atoms with van der Waals surface area (Å²) < 4.78 is 12.2. The van der Waals surface area contributed by atoms with Crippen molar-refractivity contribution < 1.29 is 9.47 Å². The van der Waals surface area contributed by atoms with Gasteiger partial charge in [-0.2, -0.15) is 0 Å². The van der Waals surface area contributed by atoms with E-state index in [0.717, 1.165) is 44.6 Å². The van der Waals surface area contributed by atoms with E-state index >= 15 is 0 Å². The summed E-state index contributed by atoms with van der Waals surface area (Å²) in [4.78, 5) is 10.8. The minimum Gasteiger partial charge on any atom is -0.486 e. The number of hydrogen-bond acceptors (Lipinski definition) is 5. The van der Waals surface area contributed by atoms with Gasteiger partial charge in [-0.15, -0.1) is 0 Å². The Morgan fingerprint density at radius 1 is 1.12 bits per heavy atom. The van der Waals surface area contributed by atoms with Crippen LogP contribution in [-0.2, 0) is 11.3 Å². The van der Waals surface area contributed by atoms with Crippen molar-refractivity contribution in [1.82, 2.24) is 14.9 Å². The first kappa shape index (κ1) is 15.5. The molecule has 126 valence electrons. The topological polar surface area (TPSA) is 47.5 Å². The minimum atomic E-state index is -0.00167. The van der Waals surface area contributed by atoms with Gasteiger partial charge in [0.1, 0.15) is 11.9 Å². The van der Waals surface area contributed by atoms with Crippen molar-refractivity contribution in [1.29, 1.82) is 0 Å². The Labute approximate surface area is 142 Å². The predicted molar refractivity (Wildman–Crippen MR) is 90.7 cm³/mol. The van der Waals surface area contributed by atoms with E-state index in [9.17, 15) is 0 Å². The second-order valence-corrected chi connectivity index (χ2v) is 6.76. The Morgan fingerprint density at radius 3 is 2.62 bits per heavy atom. The van der Waals surface area contributed by atoms with Crippen LogP contribution in [0, 0.1) is 0 Å². The molecule has 0 aromatic carbocycles. The normalized spacial score (nSPS) is 23.4. The third-order valence-corrected chi connectivity index (χ3v) is 5.01. The van der Waals surface area contributed by atoms with Gasteiger partial charge < -0.3 is 9.47 Å². The zero-order valence-electron chi connectivity index (χ0n) is 13.8. The Morgan fingerprint density at radius 2 is 1.92 bits per heavy atom. The summed E-state index contributed by atoms with van der Waals surface area (Å²) in [5, 5.41) is 0. The van der Waals surface area contributed by atoms with Crippen LogP contribution >= 0.6 is 0 Å². The average Bonchev–Trinajstić information content (AvgIpc) is 3.01. The fraction of sp³-hybridized carbons (Fsp3) is 0.474. The predicted octanol–water partition coefficient (Wildman–Crippen LogP) is 2.68. The standard InChI is InChI=1S/C19H23N3O2/c1-3-16(12-20-7-1)14-22-9-5-19(6-10-22)11-18(15-23-19)24-17-4-2-8-21-13-17/h1-4,7-8,12-13,18H,5-6,9-11,14-15H2. The molecule has 0 amide bonds. The second-order valence-electron chi connectivity index (χ2n) is 6.76. The number of rotatable bonds is 4. The van der Waals surface area contributed by atoms with Gasteiger partial charge in [0.2, 0.25) is 0 Å². The van der Waals surface area contributed by atoms with Crippen LogP contribution < -0.4 is 4.74 Å². The number of piperidine rings is 1. The summed E-state index contributed by atoms with van der Waals surface area (Å²) >= 11 is 0. The smallest absolute Gasteiger partial charge is 0.138 e. The molecule has 1 atom stereocenters. The van der Waals surface area contributed by atoms with Crippen molar-refractivity contribution in [2.75, 3.05) is 19.7 Å². The zero-order valence-corrected chi connectivity index (χ0v) is 13.8. The first-order valence-electron chi connectivity index (χ1n) is 8.63. The molecule has 2 saturated heterocycles. The molecule has 1 spiro atoms. The Bertz CT molecular complexity index is 642. The number of hydrogen-bond donors (Lipinski definition) is 0. The molecule has 2 aromatic rings. The molecule has 0 aliphatic carbocycles. The first-order chi connectivity index (χ1) is 11.8. The molecule has 2 aromatic heterocycles. The molecule has 5 nitrogen and oxygen atoms in total. The van der Waals surface area contributed by atoms with E-state index in [1.807, 2.05) is 30.6 Å². The molecule has 4 heterocycles. The molecule has 0 radical (unpaired) electrons. The highest BCUT2D eigenvalue weighted by atomic mass is 16.6. The van der Waals surface area contributed by atoms with Gasteiger partial charge in [-0.1, -0.05) is 6.07 Å². The lowest BCUT2D eigenvalue weighted by Crippen LogP contribution is -2.44. The van der Waals surface area contributed by atoms with E-state index in [1.165, 1.54) is 5.56 Å². The minimum absolute atomic E-state index is 0.00167. The summed E-state index contributed by atoms with van der Waals surface area (Å²) in [6, 6.07) is 7.99. The Balaban J connectivity index is 1.29. The maximum Gasteiger partial charge on any atom is 0.138 e. The fourth-order valence-electron chi connectivity index (χ4n) is 3.70. The van der Waals surface area contributed by atoms with Gasteiger partial charge >= 0.3 is 0 Å². The summed E-state index contributed by atoms with van der Waals surface area (Å²) in [6.45, 7) is 3.78. The molecular formula is C19H23N3O2. The number of nitrogens with zero attached hydrogens (tertiary/aromatic N) is 3. The molecule has 2 aliphatic heterocycles. The molecule has 24 heavy (non-hydrogen) atoms. The van der Waals surface area contributed by atoms with Crippen LogP contribution in [0.15, 0.2) is 49.1 Å². The first-order valence-corrected chi connectivity index (χ1v) is 8.63. The maximum absolute atomic E-state index is 6.18. The lowest BCUT2D eigenvalue weighted by atomic mass is 9.88. The highest BCUT2D eigenvalue weighted by molar-refractivity contribution is 5.16. The van der Waals surface area contributed by atoms with Gasteiger partial charge in [-0.25, -0.2) is 0 Å². The summed E-state index contributed by atoms with van der Waals surface area (Å²) in [5.41, 5.74) is 1.27. The molecule has 2 aliphatic rings. The molecule has 0 saturated carbocycles. The van der Waals surface area contributed by atoms with Gasteiger partial charge in [0.25, 0.3) is 0 Å². The van der Waals surface area contributed by atoms with Gasteiger partial charge in [0.15, 0.2) is 0 Å². The van der Waals surface area contributed by atoms with Crippen molar-refractivity contribution in [3.63, 3.8) is 0 Å². The number of aromatic nitrogens is 2. The largest absolute Gasteiger partial charge is 0.486 e. The third kappa shape index (κ3) is 3.57. The van der Waals surface area contributed by atoms with Crippen LogP contribution in [0.25, 0.3) is 0 Å². The van der Waals surface area contributed by atoms with Gasteiger partial charge in [0, 0.05) is 44.6 Å². The second kappa shape index (κ2) is 6.87. The van der Waals surface area contributed by atoms with Crippen LogP contribution in [-0.4, -0.2) is 46.3 Å². The Hall–Kier alpha value is -1.98. The van der Waals surface area contributed by atoms with E-state index in [2.05, 4.69) is 20.9 Å². The van der Waals surface area contributed by atoms with Gasteiger partial charge in [-0.05, 0) is 36.6 Å². The lowest BCUT2D eigenvalue weighted by Gasteiger charge is -2.38. The molecular weight excluding hydrogens is 302 g/mol.